The zero-order chi connectivity index (χ0) is 6.53. The molecule has 0 aromatic carbocycles. The Morgan fingerprint density at radius 2 is 2.78 bits per heavy atom. The summed E-state index contributed by atoms with van der Waals surface area (Å²) in [6, 6.07) is 0. The highest BCUT2D eigenvalue weighted by Crippen LogP contribution is 2.08. The van der Waals surface area contributed by atoms with Gasteiger partial charge in [0.15, 0.2) is 5.13 Å². The first-order chi connectivity index (χ1) is 4.43. The molecule has 3 heteroatoms. The summed E-state index contributed by atoms with van der Waals surface area (Å²) in [6.45, 7) is 3.13. The van der Waals surface area contributed by atoms with E-state index >= 15 is 0 Å². The quantitative estimate of drug-likeness (QED) is 0.693. The van der Waals surface area contributed by atoms with Gasteiger partial charge in [0.2, 0.25) is 0 Å². The fourth-order valence-corrected chi connectivity index (χ4v) is 1.01. The second kappa shape index (κ2) is 3.45. The number of thiazole rings is 1. The second-order valence-corrected chi connectivity index (χ2v) is 2.57. The van der Waals surface area contributed by atoms with Crippen LogP contribution in [-0.4, -0.2) is 11.5 Å². The molecule has 1 N–H and O–H groups in total. The first kappa shape index (κ1) is 6.55. The lowest BCUT2D eigenvalue weighted by Gasteiger charge is -1.95. The van der Waals surface area contributed by atoms with Crippen LogP contribution in [0.3, 0.4) is 0 Å². The third-order valence-corrected chi connectivity index (χ3v) is 1.60. The molecule has 1 aromatic heterocycles. The SMILES string of the molecule is CCCNc1n[c]cs1. The van der Waals surface area contributed by atoms with Crippen molar-refractivity contribution >= 4 is 16.5 Å². The molecule has 1 radical (unpaired) electrons. The molecular formula is C6H9N2S. The Labute approximate surface area is 58.9 Å². The summed E-state index contributed by atoms with van der Waals surface area (Å²) in [5, 5.41) is 5.96. The summed E-state index contributed by atoms with van der Waals surface area (Å²) in [4.78, 5) is 3.94. The van der Waals surface area contributed by atoms with Crippen molar-refractivity contribution in [2.24, 2.45) is 0 Å². The summed E-state index contributed by atoms with van der Waals surface area (Å²) in [7, 11) is 0. The molecule has 0 bridgehead atoms. The van der Waals surface area contributed by atoms with Gasteiger partial charge in [-0.05, 0) is 6.42 Å². The van der Waals surface area contributed by atoms with Crippen molar-refractivity contribution in [3.8, 4) is 0 Å². The van der Waals surface area contributed by atoms with Crippen LogP contribution in [0.4, 0.5) is 5.13 Å². The molecule has 0 amide bonds. The van der Waals surface area contributed by atoms with E-state index in [0.717, 1.165) is 18.1 Å². The molecule has 0 aliphatic rings. The Morgan fingerprint density at radius 1 is 1.89 bits per heavy atom. The molecule has 0 spiro atoms. The second-order valence-electron chi connectivity index (χ2n) is 1.71. The van der Waals surface area contributed by atoms with E-state index in [0.29, 0.717) is 0 Å². The fourth-order valence-electron chi connectivity index (χ4n) is 0.507. The lowest BCUT2D eigenvalue weighted by Crippen LogP contribution is -1.97. The lowest BCUT2D eigenvalue weighted by molar-refractivity contribution is 0.976. The Hall–Kier alpha value is -0.570. The molecule has 9 heavy (non-hydrogen) atoms. The predicted octanol–water partition coefficient (Wildman–Crippen LogP) is 1.77. The van der Waals surface area contributed by atoms with Gasteiger partial charge < -0.3 is 5.32 Å². The Bertz CT molecular complexity index is 148. The van der Waals surface area contributed by atoms with Crippen molar-refractivity contribution < 1.29 is 0 Å². The molecule has 0 unspecified atom stereocenters. The number of hydrogen-bond donors (Lipinski definition) is 1. The van der Waals surface area contributed by atoms with Gasteiger partial charge >= 0.3 is 0 Å². The van der Waals surface area contributed by atoms with Crippen molar-refractivity contribution in [3.05, 3.63) is 11.6 Å². The smallest absolute Gasteiger partial charge is 0.183 e. The van der Waals surface area contributed by atoms with Crippen molar-refractivity contribution in [1.82, 2.24) is 4.98 Å². The summed E-state index contributed by atoms with van der Waals surface area (Å²) < 4.78 is 0. The molecule has 1 heterocycles. The third kappa shape index (κ3) is 2.01. The van der Waals surface area contributed by atoms with Crippen molar-refractivity contribution in [3.63, 3.8) is 0 Å². The molecule has 0 aliphatic carbocycles. The topological polar surface area (TPSA) is 24.9 Å². The van der Waals surface area contributed by atoms with E-state index in [1.165, 1.54) is 0 Å². The van der Waals surface area contributed by atoms with Gasteiger partial charge in [-0.1, -0.05) is 6.92 Å². The number of rotatable bonds is 3. The Kier molecular flexibility index (Phi) is 2.51. The van der Waals surface area contributed by atoms with Gasteiger partial charge in [0.1, 0.15) is 6.20 Å². The van der Waals surface area contributed by atoms with Crippen LogP contribution in [0.25, 0.3) is 0 Å². The van der Waals surface area contributed by atoms with Gasteiger partial charge in [0.05, 0.1) is 0 Å². The monoisotopic (exact) mass is 141 g/mol. The number of hydrogen-bond acceptors (Lipinski definition) is 3. The zero-order valence-electron chi connectivity index (χ0n) is 5.35. The number of anilines is 1. The lowest BCUT2D eigenvalue weighted by atomic mass is 10.5. The van der Waals surface area contributed by atoms with Gasteiger partial charge in [0.25, 0.3) is 0 Å². The van der Waals surface area contributed by atoms with Gasteiger partial charge in [-0.3, -0.25) is 0 Å². The first-order valence-electron chi connectivity index (χ1n) is 2.99. The van der Waals surface area contributed by atoms with Crippen LogP contribution in [0, 0.1) is 6.20 Å². The van der Waals surface area contributed by atoms with Crippen LogP contribution in [-0.2, 0) is 0 Å². The van der Waals surface area contributed by atoms with Gasteiger partial charge in [-0.25, -0.2) is 4.98 Å². The van der Waals surface area contributed by atoms with Crippen LogP contribution < -0.4 is 5.32 Å². The van der Waals surface area contributed by atoms with E-state index in [4.69, 9.17) is 0 Å². The normalized spacial score (nSPS) is 9.44. The fraction of sp³-hybridized carbons (Fsp3) is 0.500. The van der Waals surface area contributed by atoms with Crippen molar-refractivity contribution in [2.45, 2.75) is 13.3 Å². The molecule has 0 saturated carbocycles. The summed E-state index contributed by atoms with van der Waals surface area (Å²) in [6.07, 6.45) is 3.88. The van der Waals surface area contributed by atoms with E-state index < -0.39 is 0 Å². The molecule has 0 saturated heterocycles. The summed E-state index contributed by atoms with van der Waals surface area (Å²) in [5.74, 6) is 0. The standard InChI is InChI=1S/C6H9N2S/c1-2-3-7-6-8-4-5-9-6/h5H,2-3H2,1H3,(H,7,8). The van der Waals surface area contributed by atoms with E-state index in [1.807, 2.05) is 5.38 Å². The van der Waals surface area contributed by atoms with Crippen molar-refractivity contribution in [1.29, 1.82) is 0 Å². The van der Waals surface area contributed by atoms with Crippen LogP contribution in [0.2, 0.25) is 0 Å². The minimum atomic E-state index is 0.969. The maximum atomic E-state index is 3.94. The van der Waals surface area contributed by atoms with Gasteiger partial charge in [0, 0.05) is 11.9 Å². The Balaban J connectivity index is 2.30. The number of nitrogens with zero attached hydrogens (tertiary/aromatic N) is 1. The largest absolute Gasteiger partial charge is 0.362 e. The first-order valence-corrected chi connectivity index (χ1v) is 3.87. The van der Waals surface area contributed by atoms with Crippen LogP contribution in [0.15, 0.2) is 5.38 Å². The third-order valence-electron chi connectivity index (χ3n) is 0.916. The highest BCUT2D eigenvalue weighted by Gasteiger charge is 1.89. The molecule has 1 aromatic rings. The van der Waals surface area contributed by atoms with Crippen LogP contribution >= 0.6 is 11.3 Å². The highest BCUT2D eigenvalue weighted by molar-refractivity contribution is 7.13. The molecule has 0 atom stereocenters. The van der Waals surface area contributed by atoms with Gasteiger partial charge in [-0.15, -0.1) is 11.3 Å². The number of nitrogens with one attached hydrogen (secondary N) is 1. The minimum Gasteiger partial charge on any atom is -0.362 e. The van der Waals surface area contributed by atoms with E-state index in [-0.39, 0.29) is 0 Å². The molecule has 49 valence electrons. The van der Waals surface area contributed by atoms with Crippen molar-refractivity contribution in [2.75, 3.05) is 11.9 Å². The summed E-state index contributed by atoms with van der Waals surface area (Å²) >= 11 is 1.59. The maximum Gasteiger partial charge on any atom is 0.183 e. The molecule has 0 aliphatic heterocycles. The Morgan fingerprint density at radius 3 is 3.33 bits per heavy atom. The van der Waals surface area contributed by atoms with Crippen LogP contribution in [0.5, 0.6) is 0 Å². The zero-order valence-corrected chi connectivity index (χ0v) is 6.16. The average Bonchev–Trinajstić information content (AvgIpc) is 2.34. The minimum absolute atomic E-state index is 0.969. The maximum absolute atomic E-state index is 3.94. The average molecular weight is 141 g/mol. The highest BCUT2D eigenvalue weighted by atomic mass is 32.1. The summed E-state index contributed by atoms with van der Waals surface area (Å²) in [5.41, 5.74) is 0. The predicted molar refractivity (Wildman–Crippen MR) is 39.7 cm³/mol. The van der Waals surface area contributed by atoms with Crippen LogP contribution in [0.1, 0.15) is 13.3 Å². The molecule has 0 fully saturated rings. The number of aromatic nitrogens is 1. The van der Waals surface area contributed by atoms with E-state index in [2.05, 4.69) is 23.4 Å². The van der Waals surface area contributed by atoms with Gasteiger partial charge in [-0.2, -0.15) is 0 Å². The van der Waals surface area contributed by atoms with E-state index in [1.54, 1.807) is 11.3 Å². The molecule has 1 rings (SSSR count). The molecular weight excluding hydrogens is 132 g/mol. The molecule has 2 nitrogen and oxygen atoms in total. The van der Waals surface area contributed by atoms with E-state index in [9.17, 15) is 0 Å².